The maximum Gasteiger partial charge on any atom is 0.222 e. The van der Waals surface area contributed by atoms with E-state index in [0.717, 1.165) is 0 Å². The van der Waals surface area contributed by atoms with Gasteiger partial charge in [0.2, 0.25) is 5.91 Å². The number of carbonyl (C=O) groups excluding carboxylic acids is 2. The summed E-state index contributed by atoms with van der Waals surface area (Å²) < 4.78 is 24.4. The lowest BCUT2D eigenvalue weighted by Crippen LogP contribution is -2.41. The number of rotatable bonds is 6. The first kappa shape index (κ1) is 17.9. The molecule has 0 spiro atoms. The first-order chi connectivity index (χ1) is 12.5. The highest BCUT2D eigenvalue weighted by Gasteiger charge is 2.23. The first-order valence-corrected chi connectivity index (χ1v) is 8.44. The van der Waals surface area contributed by atoms with Gasteiger partial charge in [0, 0.05) is 25.5 Å². The number of amides is 1. The summed E-state index contributed by atoms with van der Waals surface area (Å²) in [6.07, 6.45) is -0.0806. The molecule has 1 amide bonds. The van der Waals surface area contributed by atoms with Gasteiger partial charge in [-0.05, 0) is 36.4 Å². The van der Waals surface area contributed by atoms with Crippen molar-refractivity contribution in [3.05, 3.63) is 59.9 Å². The van der Waals surface area contributed by atoms with Crippen LogP contribution >= 0.6 is 0 Å². The van der Waals surface area contributed by atoms with Crippen molar-refractivity contribution >= 4 is 11.7 Å². The number of hydrogen-bond donors (Lipinski definition) is 0. The Morgan fingerprint density at radius 2 is 1.77 bits per heavy atom. The summed E-state index contributed by atoms with van der Waals surface area (Å²) in [5.74, 6) is 0.633. The van der Waals surface area contributed by atoms with Gasteiger partial charge in [0.05, 0.1) is 6.54 Å². The molecule has 3 rings (SSSR count). The van der Waals surface area contributed by atoms with E-state index in [2.05, 4.69) is 0 Å². The standard InChI is InChI=1S/C20H20FNO4/c1-22(12-16-13-25-18-4-2-3-5-19(18)26-16)20(24)11-10-17(23)14-6-8-15(21)9-7-14/h2-9,16H,10-13H2,1H3. The molecule has 26 heavy (non-hydrogen) atoms. The van der Waals surface area contributed by atoms with Crippen LogP contribution in [-0.4, -0.2) is 42.9 Å². The molecule has 1 atom stereocenters. The number of likely N-dealkylation sites (N-methyl/N-ethyl adjacent to an activating group) is 1. The number of halogens is 1. The molecule has 0 fully saturated rings. The minimum Gasteiger partial charge on any atom is -0.486 e. The summed E-state index contributed by atoms with van der Waals surface area (Å²) in [6, 6.07) is 12.7. The number of ketones is 1. The fraction of sp³-hybridized carbons (Fsp3) is 0.300. The van der Waals surface area contributed by atoms with Gasteiger partial charge in [0.15, 0.2) is 23.4 Å². The summed E-state index contributed by atoms with van der Waals surface area (Å²) >= 11 is 0. The number of carbonyl (C=O) groups is 2. The van der Waals surface area contributed by atoms with Crippen LogP contribution in [0.15, 0.2) is 48.5 Å². The van der Waals surface area contributed by atoms with Gasteiger partial charge in [-0.3, -0.25) is 9.59 Å². The monoisotopic (exact) mass is 357 g/mol. The molecule has 1 aliphatic rings. The van der Waals surface area contributed by atoms with Crippen LogP contribution in [0.1, 0.15) is 23.2 Å². The molecule has 2 aromatic carbocycles. The predicted molar refractivity (Wildman–Crippen MR) is 94.0 cm³/mol. The van der Waals surface area contributed by atoms with Crippen molar-refractivity contribution in [3.8, 4) is 11.5 Å². The van der Waals surface area contributed by atoms with E-state index in [1.54, 1.807) is 11.9 Å². The second-order valence-electron chi connectivity index (χ2n) is 6.20. The van der Waals surface area contributed by atoms with Gasteiger partial charge in [-0.2, -0.15) is 0 Å². The minimum atomic E-state index is -0.395. The first-order valence-electron chi connectivity index (χ1n) is 8.44. The zero-order valence-corrected chi connectivity index (χ0v) is 14.5. The van der Waals surface area contributed by atoms with Crippen LogP contribution in [-0.2, 0) is 4.79 Å². The average molecular weight is 357 g/mol. The van der Waals surface area contributed by atoms with Gasteiger partial charge in [0.1, 0.15) is 12.4 Å². The van der Waals surface area contributed by atoms with Crippen molar-refractivity contribution in [2.75, 3.05) is 20.2 Å². The van der Waals surface area contributed by atoms with Crippen LogP contribution in [0, 0.1) is 5.82 Å². The third-order valence-electron chi connectivity index (χ3n) is 4.20. The van der Waals surface area contributed by atoms with E-state index in [-0.39, 0.29) is 30.6 Å². The highest BCUT2D eigenvalue weighted by Crippen LogP contribution is 2.30. The molecule has 1 unspecified atom stereocenters. The maximum atomic E-state index is 12.9. The number of ether oxygens (including phenoxy) is 2. The van der Waals surface area contributed by atoms with Crippen molar-refractivity contribution in [1.82, 2.24) is 4.90 Å². The molecule has 0 saturated carbocycles. The zero-order valence-electron chi connectivity index (χ0n) is 14.5. The Kier molecular flexibility index (Phi) is 5.51. The van der Waals surface area contributed by atoms with Crippen molar-refractivity contribution in [2.24, 2.45) is 0 Å². The summed E-state index contributed by atoms with van der Waals surface area (Å²) in [4.78, 5) is 25.9. The molecule has 6 heteroatoms. The molecule has 0 aliphatic carbocycles. The zero-order chi connectivity index (χ0) is 18.5. The lowest BCUT2D eigenvalue weighted by Gasteiger charge is -2.29. The van der Waals surface area contributed by atoms with E-state index in [1.165, 1.54) is 24.3 Å². The highest BCUT2D eigenvalue weighted by molar-refractivity contribution is 5.97. The molecule has 136 valence electrons. The topological polar surface area (TPSA) is 55.8 Å². The summed E-state index contributed by atoms with van der Waals surface area (Å²) in [6.45, 7) is 0.737. The molecule has 0 N–H and O–H groups in total. The molecule has 0 radical (unpaired) electrons. The van der Waals surface area contributed by atoms with Crippen LogP contribution < -0.4 is 9.47 Å². The fourth-order valence-electron chi connectivity index (χ4n) is 2.75. The van der Waals surface area contributed by atoms with Gasteiger partial charge in [0.25, 0.3) is 0 Å². The van der Waals surface area contributed by atoms with Gasteiger partial charge < -0.3 is 14.4 Å². The molecule has 0 bridgehead atoms. The minimum absolute atomic E-state index is 0.0830. The largest absolute Gasteiger partial charge is 0.486 e. The van der Waals surface area contributed by atoms with Crippen molar-refractivity contribution in [1.29, 1.82) is 0 Å². The van der Waals surface area contributed by atoms with Crippen LogP contribution in [0.4, 0.5) is 4.39 Å². The number of fused-ring (bicyclic) bond motifs is 1. The molecular weight excluding hydrogens is 337 g/mol. The number of hydrogen-bond acceptors (Lipinski definition) is 4. The third kappa shape index (κ3) is 4.39. The average Bonchev–Trinajstić information content (AvgIpc) is 2.66. The Labute approximate surface area is 151 Å². The van der Waals surface area contributed by atoms with Crippen LogP contribution in [0.25, 0.3) is 0 Å². The number of para-hydroxylation sites is 2. The van der Waals surface area contributed by atoms with E-state index in [9.17, 15) is 14.0 Å². The van der Waals surface area contributed by atoms with E-state index in [1.807, 2.05) is 24.3 Å². The molecule has 5 nitrogen and oxygen atoms in total. The molecule has 0 saturated heterocycles. The third-order valence-corrected chi connectivity index (χ3v) is 4.20. The van der Waals surface area contributed by atoms with Crippen molar-refractivity contribution < 1.29 is 23.5 Å². The number of Topliss-reactive ketones (excluding diaryl/α,β-unsaturated/α-hetero) is 1. The fourth-order valence-corrected chi connectivity index (χ4v) is 2.75. The van der Waals surface area contributed by atoms with Gasteiger partial charge in [-0.1, -0.05) is 12.1 Å². The SMILES string of the molecule is CN(CC1COc2ccccc2O1)C(=O)CCC(=O)c1ccc(F)cc1. The smallest absolute Gasteiger partial charge is 0.222 e. The highest BCUT2D eigenvalue weighted by atomic mass is 19.1. The second-order valence-corrected chi connectivity index (χ2v) is 6.20. The van der Waals surface area contributed by atoms with Gasteiger partial charge in [-0.25, -0.2) is 4.39 Å². The van der Waals surface area contributed by atoms with Crippen LogP contribution in [0.3, 0.4) is 0 Å². The lowest BCUT2D eigenvalue weighted by atomic mass is 10.1. The molecule has 1 heterocycles. The van der Waals surface area contributed by atoms with E-state index < -0.39 is 5.82 Å². The Balaban J connectivity index is 1.47. The molecule has 0 aromatic heterocycles. The van der Waals surface area contributed by atoms with E-state index in [0.29, 0.717) is 30.2 Å². The predicted octanol–water partition coefficient (Wildman–Crippen LogP) is 3.09. The summed E-state index contributed by atoms with van der Waals surface area (Å²) in [5.41, 5.74) is 0.405. The van der Waals surface area contributed by atoms with Crippen molar-refractivity contribution in [2.45, 2.75) is 18.9 Å². The van der Waals surface area contributed by atoms with E-state index >= 15 is 0 Å². The summed E-state index contributed by atoms with van der Waals surface area (Å²) in [5, 5.41) is 0. The second kappa shape index (κ2) is 7.99. The molecular formula is C20H20FNO4. The Morgan fingerprint density at radius 3 is 2.50 bits per heavy atom. The van der Waals surface area contributed by atoms with Gasteiger partial charge in [-0.15, -0.1) is 0 Å². The quantitative estimate of drug-likeness (QED) is 0.746. The summed E-state index contributed by atoms with van der Waals surface area (Å²) in [7, 11) is 1.68. The number of nitrogens with zero attached hydrogens (tertiary/aromatic N) is 1. The number of benzene rings is 2. The van der Waals surface area contributed by atoms with Crippen LogP contribution in [0.5, 0.6) is 11.5 Å². The van der Waals surface area contributed by atoms with Crippen LogP contribution in [0.2, 0.25) is 0 Å². The maximum absolute atomic E-state index is 12.9. The van der Waals surface area contributed by atoms with E-state index in [4.69, 9.17) is 9.47 Å². The van der Waals surface area contributed by atoms with Gasteiger partial charge >= 0.3 is 0 Å². The Morgan fingerprint density at radius 1 is 1.08 bits per heavy atom. The lowest BCUT2D eigenvalue weighted by molar-refractivity contribution is -0.131. The Hall–Kier alpha value is -2.89. The van der Waals surface area contributed by atoms with Crippen molar-refractivity contribution in [3.63, 3.8) is 0 Å². The Bertz CT molecular complexity index is 791. The molecule has 2 aromatic rings. The normalized spacial score (nSPS) is 15.4. The molecule has 1 aliphatic heterocycles.